The number of hydrogen-bond acceptors (Lipinski definition) is 9. The number of amides is 2. The smallest absolute Gasteiger partial charge is 0.432 e. The Hall–Kier alpha value is -2.86. The van der Waals surface area contributed by atoms with Gasteiger partial charge < -0.3 is 19.3 Å². The molecule has 2 heterocycles. The minimum atomic E-state index is -1.15. The van der Waals surface area contributed by atoms with E-state index >= 15 is 0 Å². The average Bonchev–Trinajstić information content (AvgIpc) is 3.45. The number of rotatable bonds is 4. The molecule has 1 N–H and O–H groups in total. The molecule has 0 radical (unpaired) electrons. The zero-order chi connectivity index (χ0) is 36.8. The van der Waals surface area contributed by atoms with Crippen molar-refractivity contribution < 1.29 is 38.5 Å². The molecule has 1 unspecified atom stereocenters. The number of halogens is 2. The molecule has 274 valence electrons. The van der Waals surface area contributed by atoms with E-state index in [1.54, 1.807) is 62.3 Å². The lowest BCUT2D eigenvalue weighted by molar-refractivity contribution is -0.153. The van der Waals surface area contributed by atoms with Gasteiger partial charge in [-0.2, -0.15) is 5.01 Å². The van der Waals surface area contributed by atoms with Gasteiger partial charge in [0.2, 0.25) is 0 Å². The quantitative estimate of drug-likeness (QED) is 0.245. The summed E-state index contributed by atoms with van der Waals surface area (Å²) < 4.78 is 18.5. The van der Waals surface area contributed by atoms with Gasteiger partial charge in [-0.25, -0.2) is 24.0 Å². The van der Waals surface area contributed by atoms with E-state index in [-0.39, 0.29) is 50.4 Å². The molecule has 1 atom stereocenters. The number of ether oxygens (including phenoxy) is 3. The van der Waals surface area contributed by atoms with Gasteiger partial charge in [0.25, 0.3) is 5.91 Å². The highest BCUT2D eigenvalue weighted by Gasteiger charge is 2.57. The molecule has 13 heteroatoms. The SMILES string of the molecule is CC(C)(C)OC(=O)c1c(C2CN(C3C4CC5CC(C4)CC3C5)N(C(=O)OC(C)(C)C)C2=O)c2c(Cl)c(CO)c(Cl)cc2n1C(=O)OC(C)(C)C. The van der Waals surface area contributed by atoms with Crippen LogP contribution in [0, 0.1) is 23.7 Å². The fraction of sp³-hybridized carbons (Fsp3) is 0.676. The van der Waals surface area contributed by atoms with E-state index < -0.39 is 53.4 Å². The summed E-state index contributed by atoms with van der Waals surface area (Å²) in [7, 11) is 0. The molecule has 50 heavy (non-hydrogen) atoms. The third-order valence-electron chi connectivity index (χ3n) is 10.2. The number of hydrazine groups is 1. The molecule has 0 spiro atoms. The maximum Gasteiger partial charge on any atom is 0.432 e. The first-order chi connectivity index (χ1) is 23.1. The molecule has 2 amide bonds. The topological polar surface area (TPSA) is 128 Å². The summed E-state index contributed by atoms with van der Waals surface area (Å²) in [6.45, 7) is 14.9. The minimum Gasteiger partial charge on any atom is -0.455 e. The first-order valence-corrected chi connectivity index (χ1v) is 18.3. The van der Waals surface area contributed by atoms with E-state index in [2.05, 4.69) is 0 Å². The summed E-state index contributed by atoms with van der Waals surface area (Å²) in [4.78, 5) is 57.4. The van der Waals surface area contributed by atoms with Crippen LogP contribution < -0.4 is 0 Å². The molecule has 1 aromatic heterocycles. The number of aliphatic hydroxyl groups excluding tert-OH is 1. The molecule has 1 aliphatic heterocycles. The summed E-state index contributed by atoms with van der Waals surface area (Å²) in [5.74, 6) is -0.792. The number of aromatic nitrogens is 1. The molecule has 4 saturated carbocycles. The lowest BCUT2D eigenvalue weighted by atomic mass is 9.54. The molecule has 1 aromatic carbocycles. The van der Waals surface area contributed by atoms with Crippen LogP contribution in [0.5, 0.6) is 0 Å². The van der Waals surface area contributed by atoms with E-state index in [9.17, 15) is 24.3 Å². The normalized spacial score (nSPS) is 27.0. The van der Waals surface area contributed by atoms with Gasteiger partial charge in [-0.05, 0) is 124 Å². The fourth-order valence-corrected chi connectivity index (χ4v) is 9.59. The Morgan fingerprint density at radius 3 is 1.84 bits per heavy atom. The molecular formula is C37H49Cl2N3O8. The first kappa shape index (κ1) is 36.9. The zero-order valence-corrected chi connectivity index (χ0v) is 31.9. The Morgan fingerprint density at radius 2 is 1.34 bits per heavy atom. The van der Waals surface area contributed by atoms with Gasteiger partial charge >= 0.3 is 18.2 Å². The van der Waals surface area contributed by atoms with Crippen molar-refractivity contribution in [3.05, 3.63) is 32.9 Å². The molecule has 1 saturated heterocycles. The van der Waals surface area contributed by atoms with E-state index in [4.69, 9.17) is 37.4 Å². The van der Waals surface area contributed by atoms with Gasteiger partial charge in [0.1, 0.15) is 22.5 Å². The third kappa shape index (κ3) is 6.75. The largest absolute Gasteiger partial charge is 0.455 e. The summed E-state index contributed by atoms with van der Waals surface area (Å²) in [5, 5.41) is 13.5. The summed E-state index contributed by atoms with van der Waals surface area (Å²) in [6, 6.07) is 1.34. The third-order valence-corrected chi connectivity index (χ3v) is 10.9. The Kier molecular flexibility index (Phi) is 9.35. The predicted octanol–water partition coefficient (Wildman–Crippen LogP) is 8.08. The maximum atomic E-state index is 14.9. The van der Waals surface area contributed by atoms with Crippen LogP contribution in [0.3, 0.4) is 0 Å². The lowest BCUT2D eigenvalue weighted by Gasteiger charge is -2.57. The van der Waals surface area contributed by atoms with Gasteiger partial charge in [-0.15, -0.1) is 0 Å². The second kappa shape index (κ2) is 12.7. The molecule has 5 fully saturated rings. The van der Waals surface area contributed by atoms with Crippen LogP contribution in [0.15, 0.2) is 6.07 Å². The van der Waals surface area contributed by atoms with Gasteiger partial charge in [0.15, 0.2) is 0 Å². The molecule has 2 aromatic rings. The monoisotopic (exact) mass is 733 g/mol. The molecule has 11 nitrogen and oxygen atoms in total. The van der Waals surface area contributed by atoms with E-state index in [0.717, 1.165) is 35.3 Å². The molecule has 4 bridgehead atoms. The van der Waals surface area contributed by atoms with Crippen molar-refractivity contribution in [2.45, 2.75) is 130 Å². The van der Waals surface area contributed by atoms with Crippen LogP contribution in [0.25, 0.3) is 10.9 Å². The van der Waals surface area contributed by atoms with Crippen LogP contribution in [0.1, 0.15) is 122 Å². The molecular weight excluding hydrogens is 685 g/mol. The van der Waals surface area contributed by atoms with Gasteiger partial charge in [-0.3, -0.25) is 4.79 Å². The predicted molar refractivity (Wildman–Crippen MR) is 188 cm³/mol. The number of carbonyl (C=O) groups excluding carboxylic acids is 4. The number of nitrogens with zero attached hydrogens (tertiary/aromatic N) is 3. The summed E-state index contributed by atoms with van der Waals surface area (Å²) in [6.07, 6.45) is 3.63. The van der Waals surface area contributed by atoms with Crippen molar-refractivity contribution in [3.8, 4) is 0 Å². The fourth-order valence-electron chi connectivity index (χ4n) is 8.92. The first-order valence-electron chi connectivity index (χ1n) is 17.5. The maximum absolute atomic E-state index is 14.9. The van der Waals surface area contributed by atoms with Gasteiger partial charge in [0.05, 0.1) is 23.1 Å². The summed E-state index contributed by atoms with van der Waals surface area (Å²) >= 11 is 13.6. The van der Waals surface area contributed by atoms with Crippen molar-refractivity contribution in [1.82, 2.24) is 14.6 Å². The number of imide groups is 1. The van der Waals surface area contributed by atoms with Crippen molar-refractivity contribution in [1.29, 1.82) is 0 Å². The second-order valence-corrected chi connectivity index (χ2v) is 18.3. The van der Waals surface area contributed by atoms with Crippen LogP contribution >= 0.6 is 23.2 Å². The Morgan fingerprint density at radius 1 is 0.820 bits per heavy atom. The average molecular weight is 735 g/mol. The Balaban J connectivity index is 1.60. The number of esters is 1. The highest BCUT2D eigenvalue weighted by atomic mass is 35.5. The van der Waals surface area contributed by atoms with Crippen LogP contribution in [0.4, 0.5) is 9.59 Å². The van der Waals surface area contributed by atoms with Crippen molar-refractivity contribution >= 4 is 58.2 Å². The van der Waals surface area contributed by atoms with Crippen molar-refractivity contribution in [2.24, 2.45) is 23.7 Å². The highest BCUT2D eigenvalue weighted by Crippen LogP contribution is 2.56. The van der Waals surface area contributed by atoms with E-state index in [1.807, 2.05) is 5.01 Å². The number of carbonyl (C=O) groups is 4. The van der Waals surface area contributed by atoms with Crippen molar-refractivity contribution in [3.63, 3.8) is 0 Å². The number of aliphatic hydroxyl groups is 1. The van der Waals surface area contributed by atoms with Gasteiger partial charge in [0, 0.05) is 34.1 Å². The Labute approximate surface area is 303 Å². The zero-order valence-electron chi connectivity index (χ0n) is 30.4. The van der Waals surface area contributed by atoms with Crippen LogP contribution in [-0.2, 0) is 25.6 Å². The Bertz CT molecular complexity index is 1720. The lowest BCUT2D eigenvalue weighted by Crippen LogP contribution is -2.60. The molecule has 7 rings (SSSR count). The number of fused-ring (bicyclic) bond motifs is 1. The van der Waals surface area contributed by atoms with Crippen LogP contribution in [-0.4, -0.2) is 73.1 Å². The molecule has 5 aliphatic rings. The standard InChI is InChI=1S/C37H49Cl2N3O8/c1-35(2,3)48-32(45)30-26(27-25(15-24(38)23(17-43)28(27)39)41(30)33(46)49-36(4,5)6)22-16-40(42(31(22)44)34(47)50-37(7,8)9)29-20-11-18-10-19(13-20)14-21(29)12-18/h15,18-22,29,43H,10-14,16-17H2,1-9H3. The van der Waals surface area contributed by atoms with Crippen LogP contribution in [0.2, 0.25) is 10.0 Å². The molecule has 4 aliphatic carbocycles. The highest BCUT2D eigenvalue weighted by molar-refractivity contribution is 6.40. The summed E-state index contributed by atoms with van der Waals surface area (Å²) in [5.41, 5.74) is -2.75. The van der Waals surface area contributed by atoms with Crippen molar-refractivity contribution in [2.75, 3.05) is 6.54 Å². The van der Waals surface area contributed by atoms with E-state index in [0.29, 0.717) is 23.7 Å². The number of benzene rings is 1. The second-order valence-electron chi connectivity index (χ2n) is 17.5. The minimum absolute atomic E-state index is 0.0261. The van der Waals surface area contributed by atoms with E-state index in [1.165, 1.54) is 12.5 Å². The van der Waals surface area contributed by atoms with Gasteiger partial charge in [-0.1, -0.05) is 23.2 Å². The number of hydrogen-bond donors (Lipinski definition) is 1.